The van der Waals surface area contributed by atoms with Crippen molar-refractivity contribution in [1.29, 1.82) is 0 Å². The molecule has 1 aliphatic carbocycles. The van der Waals surface area contributed by atoms with Gasteiger partial charge >= 0.3 is 0 Å². The van der Waals surface area contributed by atoms with Crippen LogP contribution in [0.25, 0.3) is 0 Å². The second-order valence-electron chi connectivity index (χ2n) is 5.66. The highest BCUT2D eigenvalue weighted by atomic mass is 32.1. The highest BCUT2D eigenvalue weighted by Gasteiger charge is 2.29. The lowest BCUT2D eigenvalue weighted by Crippen LogP contribution is -2.46. The van der Waals surface area contributed by atoms with E-state index in [1.54, 1.807) is 0 Å². The summed E-state index contributed by atoms with van der Waals surface area (Å²) in [6.45, 7) is 2.29. The van der Waals surface area contributed by atoms with Gasteiger partial charge < -0.3 is 10.2 Å². The molecule has 18 heavy (non-hydrogen) atoms. The van der Waals surface area contributed by atoms with Gasteiger partial charge in [0.05, 0.1) is 0 Å². The maximum atomic E-state index is 3.61. The predicted molar refractivity (Wildman–Crippen MR) is 80.1 cm³/mol. The maximum absolute atomic E-state index is 3.61. The van der Waals surface area contributed by atoms with Crippen molar-refractivity contribution in [2.75, 3.05) is 20.6 Å². The SMILES string of the molecule is CNC1(CCN(C)Cc2cccs2)CCCCC1. The van der Waals surface area contributed by atoms with Crippen molar-refractivity contribution in [3.8, 4) is 0 Å². The van der Waals surface area contributed by atoms with Gasteiger partial charge in [-0.05, 0) is 51.3 Å². The van der Waals surface area contributed by atoms with Gasteiger partial charge in [0.15, 0.2) is 0 Å². The van der Waals surface area contributed by atoms with Crippen LogP contribution < -0.4 is 5.32 Å². The fourth-order valence-corrected chi connectivity index (χ4v) is 3.79. The summed E-state index contributed by atoms with van der Waals surface area (Å²) >= 11 is 1.86. The van der Waals surface area contributed by atoms with Crippen LogP contribution in [-0.2, 0) is 6.54 Å². The molecule has 2 rings (SSSR count). The summed E-state index contributed by atoms with van der Waals surface area (Å²) < 4.78 is 0. The van der Waals surface area contributed by atoms with Gasteiger partial charge in [0.25, 0.3) is 0 Å². The lowest BCUT2D eigenvalue weighted by molar-refractivity contribution is 0.195. The largest absolute Gasteiger partial charge is 0.314 e. The van der Waals surface area contributed by atoms with Crippen LogP contribution in [-0.4, -0.2) is 31.1 Å². The van der Waals surface area contributed by atoms with Crippen molar-refractivity contribution in [1.82, 2.24) is 10.2 Å². The van der Waals surface area contributed by atoms with Crippen molar-refractivity contribution in [2.45, 2.75) is 50.6 Å². The molecule has 1 N–H and O–H groups in total. The number of nitrogens with zero attached hydrogens (tertiary/aromatic N) is 1. The standard InChI is InChI=1S/C15H26N2S/c1-16-15(8-4-3-5-9-15)10-11-17(2)13-14-7-6-12-18-14/h6-7,12,16H,3-5,8-11,13H2,1-2H3. The summed E-state index contributed by atoms with van der Waals surface area (Å²) in [6.07, 6.45) is 8.22. The van der Waals surface area contributed by atoms with Crippen molar-refractivity contribution in [3.05, 3.63) is 22.4 Å². The van der Waals surface area contributed by atoms with Crippen LogP contribution >= 0.6 is 11.3 Å². The molecule has 2 nitrogen and oxygen atoms in total. The third-order valence-corrected chi connectivity index (χ3v) is 5.18. The van der Waals surface area contributed by atoms with Crippen molar-refractivity contribution < 1.29 is 0 Å². The number of hydrogen-bond donors (Lipinski definition) is 1. The number of nitrogens with one attached hydrogen (secondary N) is 1. The fraction of sp³-hybridized carbons (Fsp3) is 0.733. The predicted octanol–water partition coefficient (Wildman–Crippen LogP) is 3.49. The maximum Gasteiger partial charge on any atom is 0.0324 e. The highest BCUT2D eigenvalue weighted by Crippen LogP contribution is 2.30. The Bertz CT molecular complexity index is 328. The third kappa shape index (κ3) is 3.81. The Balaban J connectivity index is 1.78. The van der Waals surface area contributed by atoms with Gasteiger partial charge in [-0.2, -0.15) is 0 Å². The Labute approximate surface area is 115 Å². The minimum absolute atomic E-state index is 0.419. The monoisotopic (exact) mass is 266 g/mol. The molecule has 3 heteroatoms. The van der Waals surface area contributed by atoms with Crippen LogP contribution in [0.15, 0.2) is 17.5 Å². The first-order chi connectivity index (χ1) is 8.74. The van der Waals surface area contributed by atoms with Gasteiger partial charge in [0.1, 0.15) is 0 Å². The summed E-state index contributed by atoms with van der Waals surface area (Å²) in [5, 5.41) is 5.77. The van der Waals surface area contributed by atoms with E-state index in [2.05, 4.69) is 41.8 Å². The van der Waals surface area contributed by atoms with Gasteiger partial charge in [0.2, 0.25) is 0 Å². The molecular formula is C15H26N2S. The summed E-state index contributed by atoms with van der Waals surface area (Å²) in [6, 6.07) is 4.37. The first-order valence-electron chi connectivity index (χ1n) is 7.14. The number of rotatable bonds is 6. The van der Waals surface area contributed by atoms with E-state index in [1.807, 2.05) is 11.3 Å². The Morgan fingerprint density at radius 2 is 2.11 bits per heavy atom. The molecular weight excluding hydrogens is 240 g/mol. The fourth-order valence-electron chi connectivity index (χ4n) is 3.01. The molecule has 0 unspecified atom stereocenters. The van der Waals surface area contributed by atoms with E-state index >= 15 is 0 Å². The molecule has 1 aliphatic rings. The minimum Gasteiger partial charge on any atom is -0.314 e. The Kier molecular flexibility index (Phi) is 5.22. The smallest absolute Gasteiger partial charge is 0.0324 e. The van der Waals surface area contributed by atoms with Crippen LogP contribution in [0.1, 0.15) is 43.4 Å². The topological polar surface area (TPSA) is 15.3 Å². The first kappa shape index (κ1) is 14.0. The Morgan fingerprint density at radius 1 is 1.33 bits per heavy atom. The summed E-state index contributed by atoms with van der Waals surface area (Å²) in [4.78, 5) is 3.93. The zero-order valence-corrected chi connectivity index (χ0v) is 12.6. The Hall–Kier alpha value is -0.380. The Morgan fingerprint density at radius 3 is 2.72 bits per heavy atom. The number of thiophene rings is 1. The van der Waals surface area contributed by atoms with Crippen molar-refractivity contribution in [3.63, 3.8) is 0 Å². The normalized spacial score (nSPS) is 19.3. The summed E-state index contributed by atoms with van der Waals surface area (Å²) in [7, 11) is 4.39. The van der Waals surface area contributed by atoms with Crippen molar-refractivity contribution >= 4 is 11.3 Å². The molecule has 0 spiro atoms. The molecule has 0 atom stereocenters. The van der Waals surface area contributed by atoms with Crippen LogP contribution in [0.3, 0.4) is 0 Å². The first-order valence-corrected chi connectivity index (χ1v) is 8.02. The van der Waals surface area contributed by atoms with Crippen LogP contribution in [0.5, 0.6) is 0 Å². The lowest BCUT2D eigenvalue weighted by atomic mass is 9.79. The molecule has 1 fully saturated rings. The zero-order chi connectivity index (χ0) is 12.8. The minimum atomic E-state index is 0.419. The second kappa shape index (κ2) is 6.69. The molecule has 1 heterocycles. The number of hydrogen-bond acceptors (Lipinski definition) is 3. The molecule has 1 aromatic rings. The van der Waals surface area contributed by atoms with E-state index < -0.39 is 0 Å². The molecule has 1 aromatic heterocycles. The van der Waals surface area contributed by atoms with Gasteiger partial charge in [-0.1, -0.05) is 25.3 Å². The van der Waals surface area contributed by atoms with Gasteiger partial charge in [-0.25, -0.2) is 0 Å². The second-order valence-corrected chi connectivity index (χ2v) is 6.69. The molecule has 0 amide bonds. The van der Waals surface area contributed by atoms with E-state index in [1.165, 1.54) is 49.9 Å². The molecule has 0 saturated heterocycles. The van der Waals surface area contributed by atoms with E-state index in [0.717, 1.165) is 6.54 Å². The summed E-state index contributed by atoms with van der Waals surface area (Å²) in [5.74, 6) is 0. The van der Waals surface area contributed by atoms with Gasteiger partial charge in [-0.3, -0.25) is 0 Å². The van der Waals surface area contributed by atoms with E-state index in [-0.39, 0.29) is 0 Å². The molecule has 0 bridgehead atoms. The average Bonchev–Trinajstić information content (AvgIpc) is 2.90. The van der Waals surface area contributed by atoms with Crippen LogP contribution in [0.4, 0.5) is 0 Å². The van der Waals surface area contributed by atoms with Crippen molar-refractivity contribution in [2.24, 2.45) is 0 Å². The molecule has 0 radical (unpaired) electrons. The van der Waals surface area contributed by atoms with Crippen LogP contribution in [0.2, 0.25) is 0 Å². The highest BCUT2D eigenvalue weighted by molar-refractivity contribution is 7.09. The van der Waals surface area contributed by atoms with Gasteiger partial charge in [-0.15, -0.1) is 11.3 Å². The molecule has 0 aliphatic heterocycles. The summed E-state index contributed by atoms with van der Waals surface area (Å²) in [5.41, 5.74) is 0.419. The quantitative estimate of drug-likeness (QED) is 0.848. The van der Waals surface area contributed by atoms with Crippen LogP contribution in [0, 0.1) is 0 Å². The molecule has 1 saturated carbocycles. The lowest BCUT2D eigenvalue weighted by Gasteiger charge is -2.38. The zero-order valence-electron chi connectivity index (χ0n) is 11.7. The third-order valence-electron chi connectivity index (χ3n) is 4.32. The molecule has 0 aromatic carbocycles. The van der Waals surface area contributed by atoms with E-state index in [9.17, 15) is 0 Å². The van der Waals surface area contributed by atoms with Gasteiger partial charge in [0, 0.05) is 17.0 Å². The van der Waals surface area contributed by atoms with E-state index in [0.29, 0.717) is 5.54 Å². The molecule has 102 valence electrons. The van der Waals surface area contributed by atoms with E-state index in [4.69, 9.17) is 0 Å². The average molecular weight is 266 g/mol.